The van der Waals surface area contributed by atoms with Crippen LogP contribution in [0.5, 0.6) is 5.75 Å². The van der Waals surface area contributed by atoms with E-state index in [-0.39, 0.29) is 10.5 Å². The molecule has 0 unspecified atom stereocenters. The van der Waals surface area contributed by atoms with E-state index in [4.69, 9.17) is 15.9 Å². The van der Waals surface area contributed by atoms with Gasteiger partial charge in [0.05, 0.1) is 5.56 Å². The third kappa shape index (κ3) is 2.12. The number of thiol groups is 1. The van der Waals surface area contributed by atoms with Crippen LogP contribution >= 0.6 is 23.3 Å². The molecule has 0 saturated heterocycles. The maximum Gasteiger partial charge on any atom is 0.266 e. The molecule has 0 fully saturated rings. The van der Waals surface area contributed by atoms with Crippen molar-refractivity contribution < 1.29 is 13.5 Å². The molecular formula is C7H4ClNO3S2. The first-order valence-electron chi connectivity index (χ1n) is 3.27. The number of rotatable bonds is 1. The Kier molecular flexibility index (Phi) is 2.95. The Balaban J connectivity index is 3.68. The zero-order valence-corrected chi connectivity index (χ0v) is 9.07. The summed E-state index contributed by atoms with van der Waals surface area (Å²) in [4.78, 5) is -0.303. The zero-order valence-electron chi connectivity index (χ0n) is 6.60. The van der Waals surface area contributed by atoms with Crippen LogP contribution in [0.25, 0.3) is 0 Å². The summed E-state index contributed by atoms with van der Waals surface area (Å²) in [7, 11) is 0.909. The van der Waals surface area contributed by atoms with Crippen molar-refractivity contribution in [3.8, 4) is 11.8 Å². The summed E-state index contributed by atoms with van der Waals surface area (Å²) < 4.78 is 21.9. The lowest BCUT2D eigenvalue weighted by atomic mass is 10.2. The van der Waals surface area contributed by atoms with Crippen molar-refractivity contribution in [2.24, 2.45) is 0 Å². The summed E-state index contributed by atoms with van der Waals surface area (Å²) in [5.41, 5.74) is -0.231. The summed E-state index contributed by atoms with van der Waals surface area (Å²) >= 11 is 3.87. The van der Waals surface area contributed by atoms with E-state index >= 15 is 0 Å². The van der Waals surface area contributed by atoms with Crippen LogP contribution in [0.1, 0.15) is 5.56 Å². The highest BCUT2D eigenvalue weighted by atomic mass is 35.7. The second-order valence-corrected chi connectivity index (χ2v) is 5.41. The van der Waals surface area contributed by atoms with E-state index in [0.29, 0.717) is 0 Å². The molecule has 1 aromatic carbocycles. The third-order valence-corrected chi connectivity index (χ3v) is 3.06. The standard InChI is InChI=1S/C7H4ClNO3S2/c8-14(11,12)7-4(3-9)1-5(13)2-6(7)10/h1-2,10,13H. The summed E-state index contributed by atoms with van der Waals surface area (Å²) in [6.45, 7) is 0. The second kappa shape index (κ2) is 3.69. The fourth-order valence-corrected chi connectivity index (χ4v) is 2.35. The van der Waals surface area contributed by atoms with E-state index in [0.717, 1.165) is 6.07 Å². The number of nitrogens with zero attached hydrogens (tertiary/aromatic N) is 1. The van der Waals surface area contributed by atoms with Gasteiger partial charge in [0, 0.05) is 15.6 Å². The molecule has 0 spiro atoms. The lowest BCUT2D eigenvalue weighted by molar-refractivity contribution is 0.457. The van der Waals surface area contributed by atoms with Crippen LogP contribution in [-0.4, -0.2) is 13.5 Å². The van der Waals surface area contributed by atoms with Gasteiger partial charge < -0.3 is 5.11 Å². The Hall–Kier alpha value is -0.900. The van der Waals surface area contributed by atoms with Crippen LogP contribution in [0.15, 0.2) is 21.9 Å². The summed E-state index contributed by atoms with van der Waals surface area (Å²) in [5, 5.41) is 17.9. The number of nitriles is 1. The van der Waals surface area contributed by atoms with Gasteiger partial charge in [-0.2, -0.15) is 5.26 Å². The van der Waals surface area contributed by atoms with Gasteiger partial charge in [0.2, 0.25) is 0 Å². The molecule has 1 rings (SSSR count). The van der Waals surface area contributed by atoms with E-state index in [1.807, 2.05) is 0 Å². The molecule has 0 amide bonds. The molecule has 0 bridgehead atoms. The molecular weight excluding hydrogens is 246 g/mol. The highest BCUT2D eigenvalue weighted by molar-refractivity contribution is 8.13. The second-order valence-electron chi connectivity index (χ2n) is 2.39. The molecule has 74 valence electrons. The average molecular weight is 250 g/mol. The van der Waals surface area contributed by atoms with Crippen molar-refractivity contribution in [2.75, 3.05) is 0 Å². The highest BCUT2D eigenvalue weighted by Gasteiger charge is 2.21. The average Bonchev–Trinajstić information content (AvgIpc) is 1.99. The number of phenolic OH excluding ortho intramolecular Hbond substituents is 1. The Labute approximate surface area is 90.6 Å². The van der Waals surface area contributed by atoms with Crippen molar-refractivity contribution in [3.05, 3.63) is 17.7 Å². The van der Waals surface area contributed by atoms with Crippen molar-refractivity contribution >= 4 is 32.4 Å². The molecule has 0 aliphatic rings. The highest BCUT2D eigenvalue weighted by Crippen LogP contribution is 2.31. The maximum atomic E-state index is 11.0. The first kappa shape index (κ1) is 11.2. The lowest BCUT2D eigenvalue weighted by Crippen LogP contribution is -1.96. The molecule has 0 aliphatic carbocycles. The molecule has 1 N–H and O–H groups in total. The molecule has 14 heavy (non-hydrogen) atoms. The lowest BCUT2D eigenvalue weighted by Gasteiger charge is -2.03. The summed E-state index contributed by atoms with van der Waals surface area (Å²) in [6, 6.07) is 3.91. The van der Waals surface area contributed by atoms with Crippen LogP contribution in [0, 0.1) is 11.3 Å². The third-order valence-electron chi connectivity index (χ3n) is 1.42. The van der Waals surface area contributed by atoms with Gasteiger partial charge in [-0.3, -0.25) is 0 Å². The van der Waals surface area contributed by atoms with E-state index in [9.17, 15) is 13.5 Å². The molecule has 4 nitrogen and oxygen atoms in total. The molecule has 0 heterocycles. The quantitative estimate of drug-likeness (QED) is 0.584. The van der Waals surface area contributed by atoms with Crippen molar-refractivity contribution in [3.63, 3.8) is 0 Å². The Morgan fingerprint density at radius 3 is 2.50 bits per heavy atom. The van der Waals surface area contributed by atoms with Gasteiger partial charge in [0.15, 0.2) is 0 Å². The van der Waals surface area contributed by atoms with Crippen LogP contribution in [0.3, 0.4) is 0 Å². The van der Waals surface area contributed by atoms with Crippen molar-refractivity contribution in [1.29, 1.82) is 5.26 Å². The Morgan fingerprint density at radius 2 is 2.07 bits per heavy atom. The number of hydrogen-bond donors (Lipinski definition) is 2. The number of phenols is 1. The fraction of sp³-hybridized carbons (Fsp3) is 0. The van der Waals surface area contributed by atoms with Gasteiger partial charge in [-0.05, 0) is 12.1 Å². The maximum absolute atomic E-state index is 11.0. The first-order valence-corrected chi connectivity index (χ1v) is 6.02. The minimum absolute atomic E-state index is 0.231. The van der Waals surface area contributed by atoms with Crippen molar-refractivity contribution in [2.45, 2.75) is 9.79 Å². The molecule has 1 aromatic rings. The number of halogens is 1. The molecule has 0 atom stereocenters. The van der Waals surface area contributed by atoms with E-state index in [1.165, 1.54) is 6.07 Å². The zero-order chi connectivity index (χ0) is 10.9. The van der Waals surface area contributed by atoms with Gasteiger partial charge in [-0.25, -0.2) is 8.42 Å². The molecule has 0 aromatic heterocycles. The predicted octanol–water partition coefficient (Wildman–Crippen LogP) is 1.48. The SMILES string of the molecule is N#Cc1cc(S)cc(O)c1S(=O)(=O)Cl. The summed E-state index contributed by atoms with van der Waals surface area (Å²) in [5.74, 6) is -0.580. The van der Waals surface area contributed by atoms with Crippen LogP contribution < -0.4 is 0 Å². The summed E-state index contributed by atoms with van der Waals surface area (Å²) in [6.07, 6.45) is 0. The Bertz CT molecular complexity index is 518. The minimum Gasteiger partial charge on any atom is -0.506 e. The van der Waals surface area contributed by atoms with Gasteiger partial charge in [-0.1, -0.05) is 0 Å². The van der Waals surface area contributed by atoms with E-state index in [2.05, 4.69) is 12.6 Å². The monoisotopic (exact) mass is 249 g/mol. The van der Waals surface area contributed by atoms with Crippen LogP contribution in [0.2, 0.25) is 0 Å². The van der Waals surface area contributed by atoms with E-state index in [1.54, 1.807) is 6.07 Å². The van der Waals surface area contributed by atoms with Crippen LogP contribution in [-0.2, 0) is 9.05 Å². The van der Waals surface area contributed by atoms with Crippen LogP contribution in [0.4, 0.5) is 0 Å². The topological polar surface area (TPSA) is 78.2 Å². The number of aromatic hydroxyl groups is 1. The Morgan fingerprint density at radius 1 is 1.50 bits per heavy atom. The number of benzene rings is 1. The van der Waals surface area contributed by atoms with Gasteiger partial charge >= 0.3 is 0 Å². The molecule has 7 heteroatoms. The molecule has 0 radical (unpaired) electrons. The van der Waals surface area contributed by atoms with Gasteiger partial charge in [0.1, 0.15) is 16.7 Å². The predicted molar refractivity (Wildman–Crippen MR) is 53.1 cm³/mol. The van der Waals surface area contributed by atoms with E-state index < -0.39 is 19.7 Å². The largest absolute Gasteiger partial charge is 0.506 e. The first-order chi connectivity index (χ1) is 6.36. The smallest absolute Gasteiger partial charge is 0.266 e. The van der Waals surface area contributed by atoms with Crippen molar-refractivity contribution in [1.82, 2.24) is 0 Å². The minimum atomic E-state index is -4.13. The van der Waals surface area contributed by atoms with Gasteiger partial charge in [-0.15, -0.1) is 12.6 Å². The molecule has 0 saturated carbocycles. The molecule has 0 aliphatic heterocycles. The normalized spacial score (nSPS) is 10.9. The fourth-order valence-electron chi connectivity index (χ4n) is 0.938. The number of hydrogen-bond acceptors (Lipinski definition) is 5. The van der Waals surface area contributed by atoms with Gasteiger partial charge in [0.25, 0.3) is 9.05 Å².